The molecule has 1 heterocycles. The highest BCUT2D eigenvalue weighted by Gasteiger charge is 2.29. The summed E-state index contributed by atoms with van der Waals surface area (Å²) in [5, 5.41) is 9.13. The molecule has 1 fully saturated rings. The van der Waals surface area contributed by atoms with E-state index >= 15 is 0 Å². The van der Waals surface area contributed by atoms with Gasteiger partial charge in [-0.05, 0) is 57.7 Å². The van der Waals surface area contributed by atoms with E-state index in [1.54, 1.807) is 31.7 Å². The van der Waals surface area contributed by atoms with Crippen LogP contribution in [0.2, 0.25) is 0 Å². The fraction of sp³-hybridized carbons (Fsp3) is 0.611. The van der Waals surface area contributed by atoms with Crippen molar-refractivity contribution in [3.05, 3.63) is 24.3 Å². The van der Waals surface area contributed by atoms with Gasteiger partial charge in [-0.15, -0.1) is 11.8 Å². The number of hydrogen-bond donors (Lipinski definition) is 1. The maximum atomic E-state index is 11.1. The van der Waals surface area contributed by atoms with E-state index in [2.05, 4.69) is 0 Å². The molecular weight excluding hydrogens is 328 g/mol. The van der Waals surface area contributed by atoms with E-state index in [0.717, 1.165) is 36.5 Å². The van der Waals surface area contributed by atoms with Gasteiger partial charge in [-0.1, -0.05) is 6.07 Å². The summed E-state index contributed by atoms with van der Waals surface area (Å²) >= 11 is 1.71. The van der Waals surface area contributed by atoms with Crippen molar-refractivity contribution >= 4 is 17.7 Å². The summed E-state index contributed by atoms with van der Waals surface area (Å²) < 4.78 is 16.8. The van der Waals surface area contributed by atoms with Crippen LogP contribution < -0.4 is 4.74 Å². The Morgan fingerprint density at radius 2 is 2.25 bits per heavy atom. The van der Waals surface area contributed by atoms with E-state index in [1.807, 2.05) is 18.2 Å². The molecule has 2 rings (SSSR count). The molecule has 0 aromatic heterocycles. The summed E-state index contributed by atoms with van der Waals surface area (Å²) in [6, 6.07) is 7.52. The summed E-state index contributed by atoms with van der Waals surface area (Å²) in [7, 11) is 0. The van der Waals surface area contributed by atoms with Crippen LogP contribution >= 0.6 is 11.8 Å². The lowest BCUT2D eigenvalue weighted by Crippen LogP contribution is -2.37. The number of carbonyl (C=O) groups is 1. The quantitative estimate of drug-likeness (QED) is 0.535. The van der Waals surface area contributed by atoms with E-state index in [9.17, 15) is 4.79 Å². The number of rotatable bonds is 9. The van der Waals surface area contributed by atoms with Crippen LogP contribution in [0.1, 0.15) is 39.5 Å². The summed E-state index contributed by atoms with van der Waals surface area (Å²) in [5.74, 6) is 0.514. The Morgan fingerprint density at radius 1 is 1.42 bits per heavy atom. The third kappa shape index (κ3) is 6.34. The molecule has 0 unspecified atom stereocenters. The van der Waals surface area contributed by atoms with Crippen LogP contribution in [-0.4, -0.2) is 41.9 Å². The lowest BCUT2D eigenvalue weighted by atomic mass is 10.1. The predicted octanol–water partition coefficient (Wildman–Crippen LogP) is 3.95. The van der Waals surface area contributed by atoms with Crippen molar-refractivity contribution in [2.45, 2.75) is 56.3 Å². The Hall–Kier alpha value is -1.24. The minimum Gasteiger partial charge on any atom is -0.478 e. The first kappa shape index (κ1) is 19.1. The van der Waals surface area contributed by atoms with Crippen LogP contribution in [0, 0.1) is 0 Å². The first-order chi connectivity index (χ1) is 11.5. The maximum absolute atomic E-state index is 11.1. The molecule has 1 aromatic rings. The molecule has 1 aliphatic rings. The van der Waals surface area contributed by atoms with E-state index in [0.29, 0.717) is 12.4 Å². The molecule has 0 saturated carbocycles. The first-order valence-electron chi connectivity index (χ1n) is 8.36. The van der Waals surface area contributed by atoms with Crippen LogP contribution in [-0.2, 0) is 14.3 Å². The number of carboxylic acid groups (broad SMARTS) is 1. The molecular formula is C18H26O5S. The number of ether oxygens (including phenoxy) is 3. The molecule has 1 aromatic carbocycles. The van der Waals surface area contributed by atoms with Gasteiger partial charge in [0.1, 0.15) is 5.75 Å². The van der Waals surface area contributed by atoms with Gasteiger partial charge in [0.2, 0.25) is 0 Å². The number of hydrogen-bond acceptors (Lipinski definition) is 5. The highest BCUT2D eigenvalue weighted by molar-refractivity contribution is 7.99. The lowest BCUT2D eigenvalue weighted by Gasteiger charge is -2.22. The van der Waals surface area contributed by atoms with Crippen molar-refractivity contribution in [3.63, 3.8) is 0 Å². The zero-order valence-electron chi connectivity index (χ0n) is 14.3. The zero-order valence-corrected chi connectivity index (χ0v) is 15.1. The number of thioether (sulfide) groups is 1. The van der Waals surface area contributed by atoms with Crippen LogP contribution in [0.3, 0.4) is 0 Å². The zero-order chi connectivity index (χ0) is 17.4. The molecule has 6 heteroatoms. The second-order valence-electron chi connectivity index (χ2n) is 6.26. The molecule has 5 nitrogen and oxygen atoms in total. The highest BCUT2D eigenvalue weighted by Crippen LogP contribution is 2.26. The normalized spacial score (nSPS) is 18.3. The first-order valence-corrected chi connectivity index (χ1v) is 9.34. The van der Waals surface area contributed by atoms with Crippen LogP contribution in [0.4, 0.5) is 0 Å². The van der Waals surface area contributed by atoms with Gasteiger partial charge in [0.05, 0.1) is 6.61 Å². The number of benzene rings is 1. The average molecular weight is 354 g/mol. The van der Waals surface area contributed by atoms with Gasteiger partial charge in [-0.2, -0.15) is 0 Å². The molecule has 0 spiro atoms. The molecule has 1 aliphatic heterocycles. The van der Waals surface area contributed by atoms with Gasteiger partial charge >= 0.3 is 5.97 Å². The Kier molecular flexibility index (Phi) is 7.40. The molecule has 24 heavy (non-hydrogen) atoms. The third-order valence-electron chi connectivity index (χ3n) is 3.69. The Bertz CT molecular complexity index is 526. The number of aliphatic carboxylic acids is 1. The maximum Gasteiger partial charge on any atom is 0.347 e. The third-order valence-corrected chi connectivity index (χ3v) is 4.77. The van der Waals surface area contributed by atoms with Crippen LogP contribution in [0.25, 0.3) is 0 Å². The van der Waals surface area contributed by atoms with Crippen LogP contribution in [0.5, 0.6) is 5.75 Å². The van der Waals surface area contributed by atoms with Crippen LogP contribution in [0.15, 0.2) is 29.2 Å². The standard InChI is InChI=1S/C18H26O5S/c1-18(2,17(19)20)23-14-7-5-8-15(13-14)24-12-6-11-22-16-9-3-4-10-21-16/h5,7-8,13,16H,3-4,6,9-12H2,1-2H3,(H,19,20)/t16-/m0/s1. The summed E-state index contributed by atoms with van der Waals surface area (Å²) in [6.07, 6.45) is 4.21. The predicted molar refractivity (Wildman–Crippen MR) is 93.7 cm³/mol. The molecule has 0 radical (unpaired) electrons. The Labute approximate surface area is 147 Å². The van der Waals surface area contributed by atoms with Gasteiger partial charge in [0.25, 0.3) is 0 Å². The minimum absolute atomic E-state index is 0.0290. The molecule has 0 amide bonds. The average Bonchev–Trinajstić information content (AvgIpc) is 2.55. The van der Waals surface area contributed by atoms with Gasteiger partial charge in [-0.25, -0.2) is 4.79 Å². The fourth-order valence-electron chi connectivity index (χ4n) is 2.27. The van der Waals surface area contributed by atoms with Gasteiger partial charge in [0.15, 0.2) is 11.9 Å². The Balaban J connectivity index is 1.71. The van der Waals surface area contributed by atoms with Crippen molar-refractivity contribution in [2.75, 3.05) is 19.0 Å². The molecule has 1 atom stereocenters. The smallest absolute Gasteiger partial charge is 0.347 e. The summed E-state index contributed by atoms with van der Waals surface area (Å²) in [6.45, 7) is 4.58. The van der Waals surface area contributed by atoms with Crippen molar-refractivity contribution in [1.29, 1.82) is 0 Å². The van der Waals surface area contributed by atoms with Crippen molar-refractivity contribution in [2.24, 2.45) is 0 Å². The van der Waals surface area contributed by atoms with E-state index in [-0.39, 0.29) is 6.29 Å². The van der Waals surface area contributed by atoms with Gasteiger partial charge in [0, 0.05) is 17.3 Å². The molecule has 1 N–H and O–H groups in total. The van der Waals surface area contributed by atoms with E-state index in [1.165, 1.54) is 6.42 Å². The van der Waals surface area contributed by atoms with Gasteiger partial charge < -0.3 is 19.3 Å². The molecule has 134 valence electrons. The van der Waals surface area contributed by atoms with Crippen molar-refractivity contribution in [1.82, 2.24) is 0 Å². The van der Waals surface area contributed by atoms with E-state index in [4.69, 9.17) is 19.3 Å². The topological polar surface area (TPSA) is 65.0 Å². The second-order valence-corrected chi connectivity index (χ2v) is 7.43. The lowest BCUT2D eigenvalue weighted by molar-refractivity contribution is -0.162. The van der Waals surface area contributed by atoms with E-state index < -0.39 is 11.6 Å². The second kappa shape index (κ2) is 9.30. The highest BCUT2D eigenvalue weighted by atomic mass is 32.2. The molecule has 1 saturated heterocycles. The van der Waals surface area contributed by atoms with Crippen molar-refractivity contribution in [3.8, 4) is 5.75 Å². The summed E-state index contributed by atoms with van der Waals surface area (Å²) in [5.41, 5.74) is -1.24. The summed E-state index contributed by atoms with van der Waals surface area (Å²) in [4.78, 5) is 12.2. The number of carboxylic acids is 1. The monoisotopic (exact) mass is 354 g/mol. The van der Waals surface area contributed by atoms with Gasteiger partial charge in [-0.3, -0.25) is 0 Å². The Morgan fingerprint density at radius 3 is 2.96 bits per heavy atom. The largest absolute Gasteiger partial charge is 0.478 e. The minimum atomic E-state index is -1.24. The molecule has 0 aliphatic carbocycles. The molecule has 0 bridgehead atoms. The fourth-order valence-corrected chi connectivity index (χ4v) is 3.14. The van der Waals surface area contributed by atoms with Crippen molar-refractivity contribution < 1.29 is 24.1 Å². The SMILES string of the molecule is CC(C)(Oc1cccc(SCCCO[C@H]2CCCCO2)c1)C(=O)O.